The number of hydrogen-bond acceptors (Lipinski definition) is 2. The molecule has 0 radical (unpaired) electrons. The Hall–Kier alpha value is -2.27. The predicted octanol–water partition coefficient (Wildman–Crippen LogP) is 1.14. The lowest BCUT2D eigenvalue weighted by atomic mass is 10.1. The van der Waals surface area contributed by atoms with Gasteiger partial charge in [0, 0.05) is 37.1 Å². The van der Waals surface area contributed by atoms with Gasteiger partial charge in [-0.1, -0.05) is 6.92 Å². The van der Waals surface area contributed by atoms with Crippen LogP contribution < -0.4 is 14.9 Å². The van der Waals surface area contributed by atoms with E-state index in [2.05, 4.69) is 36.0 Å². The van der Waals surface area contributed by atoms with E-state index in [-0.39, 0.29) is 0 Å². The van der Waals surface area contributed by atoms with Crippen molar-refractivity contribution >= 4 is 5.97 Å². The third-order valence-corrected chi connectivity index (χ3v) is 3.61. The first-order chi connectivity index (χ1) is 10.6. The lowest BCUT2D eigenvalue weighted by Gasteiger charge is -2.04. The number of pyridine rings is 2. The minimum atomic E-state index is -0.957. The highest BCUT2D eigenvalue weighted by molar-refractivity contribution is 5.72. The molecule has 2 aromatic heterocycles. The summed E-state index contributed by atoms with van der Waals surface area (Å²) in [6, 6.07) is 7.47. The first kappa shape index (κ1) is 16.1. The maximum Gasteiger partial charge on any atom is 0.320 e. The van der Waals surface area contributed by atoms with Crippen LogP contribution in [-0.4, -0.2) is 17.1 Å². The van der Waals surface area contributed by atoms with Crippen molar-refractivity contribution in [2.45, 2.75) is 38.9 Å². The number of carboxylic acids is 1. The van der Waals surface area contributed by atoms with E-state index in [1.807, 2.05) is 29.1 Å². The second-order valence-electron chi connectivity index (χ2n) is 5.38. The SMILES string of the molecule is CCC[n+]1ccc(-c2cc[n+](CCC(N)C(=O)O)cc2)cc1. The van der Waals surface area contributed by atoms with Gasteiger partial charge in [0.2, 0.25) is 0 Å². The Labute approximate surface area is 130 Å². The minimum Gasteiger partial charge on any atom is -0.480 e. The molecule has 0 spiro atoms. The van der Waals surface area contributed by atoms with Crippen LogP contribution in [0.4, 0.5) is 0 Å². The number of aromatic nitrogens is 2. The second kappa shape index (κ2) is 7.66. The first-order valence-corrected chi connectivity index (χ1v) is 7.57. The Morgan fingerprint density at radius 2 is 1.50 bits per heavy atom. The van der Waals surface area contributed by atoms with Crippen molar-refractivity contribution in [3.8, 4) is 11.1 Å². The van der Waals surface area contributed by atoms with E-state index in [0.29, 0.717) is 13.0 Å². The van der Waals surface area contributed by atoms with Crippen molar-refractivity contribution in [3.63, 3.8) is 0 Å². The van der Waals surface area contributed by atoms with E-state index in [1.54, 1.807) is 0 Å². The Kier molecular flexibility index (Phi) is 5.61. The molecule has 0 saturated carbocycles. The van der Waals surface area contributed by atoms with Gasteiger partial charge in [-0.05, 0) is 11.1 Å². The van der Waals surface area contributed by atoms with Crippen LogP contribution in [0, 0.1) is 0 Å². The van der Waals surface area contributed by atoms with Gasteiger partial charge < -0.3 is 10.8 Å². The number of aliphatic carboxylic acids is 1. The minimum absolute atomic E-state index is 0.418. The average molecular weight is 301 g/mol. The Bertz CT molecular complexity index is 609. The topological polar surface area (TPSA) is 71.1 Å². The van der Waals surface area contributed by atoms with E-state index < -0.39 is 12.0 Å². The van der Waals surface area contributed by atoms with E-state index in [1.165, 1.54) is 5.56 Å². The van der Waals surface area contributed by atoms with Crippen LogP contribution in [0.2, 0.25) is 0 Å². The lowest BCUT2D eigenvalue weighted by molar-refractivity contribution is -0.697. The molecule has 2 aromatic rings. The van der Waals surface area contributed by atoms with Crippen LogP contribution in [-0.2, 0) is 17.9 Å². The molecule has 0 saturated heterocycles. The molecule has 5 nitrogen and oxygen atoms in total. The van der Waals surface area contributed by atoms with Crippen molar-refractivity contribution in [1.82, 2.24) is 0 Å². The fraction of sp³-hybridized carbons (Fsp3) is 0.353. The monoisotopic (exact) mass is 301 g/mol. The van der Waals surface area contributed by atoms with E-state index in [4.69, 9.17) is 10.8 Å². The number of aryl methyl sites for hydroxylation is 2. The lowest BCUT2D eigenvalue weighted by Crippen LogP contribution is -2.39. The number of hydrogen-bond donors (Lipinski definition) is 2. The number of nitrogens with zero attached hydrogens (tertiary/aromatic N) is 2. The molecule has 2 heterocycles. The van der Waals surface area contributed by atoms with Crippen molar-refractivity contribution in [1.29, 1.82) is 0 Å². The van der Waals surface area contributed by atoms with Crippen LogP contribution in [0.5, 0.6) is 0 Å². The zero-order valence-corrected chi connectivity index (χ0v) is 12.9. The molecule has 2 rings (SSSR count). The fourth-order valence-electron chi connectivity index (χ4n) is 2.27. The molecule has 0 aliphatic carbocycles. The Morgan fingerprint density at radius 3 is 1.91 bits per heavy atom. The van der Waals surface area contributed by atoms with Gasteiger partial charge in [0.15, 0.2) is 31.3 Å². The molecule has 5 heteroatoms. The smallest absolute Gasteiger partial charge is 0.320 e. The summed E-state index contributed by atoms with van der Waals surface area (Å²) in [5, 5.41) is 8.78. The molecule has 0 fully saturated rings. The normalized spacial score (nSPS) is 12.1. The summed E-state index contributed by atoms with van der Waals surface area (Å²) >= 11 is 0. The quantitative estimate of drug-likeness (QED) is 0.753. The fourth-order valence-corrected chi connectivity index (χ4v) is 2.27. The molecule has 0 aliphatic heterocycles. The molecular weight excluding hydrogens is 278 g/mol. The van der Waals surface area contributed by atoms with E-state index in [9.17, 15) is 4.79 Å². The van der Waals surface area contributed by atoms with Crippen LogP contribution in [0.3, 0.4) is 0 Å². The summed E-state index contributed by atoms with van der Waals surface area (Å²) in [4.78, 5) is 10.7. The third kappa shape index (κ3) is 4.36. The standard InChI is InChI=1S/C17H22N3O2/c1-2-8-19-9-3-14(4-10-19)15-5-11-20(12-6-15)13-7-16(18)17(21)22/h3-6,9-12,16H,2,7-8,13,18H2,1H3/q+1/p+1. The van der Waals surface area contributed by atoms with Gasteiger partial charge in [0.05, 0.1) is 0 Å². The average Bonchev–Trinajstić information content (AvgIpc) is 2.54. The maximum absolute atomic E-state index is 10.7. The van der Waals surface area contributed by atoms with Gasteiger partial charge in [-0.3, -0.25) is 4.79 Å². The summed E-state index contributed by atoms with van der Waals surface area (Å²) in [5.41, 5.74) is 7.82. The second-order valence-corrected chi connectivity index (χ2v) is 5.38. The molecular formula is C17H23N3O2+2. The summed E-state index contributed by atoms with van der Waals surface area (Å²) in [5.74, 6) is -0.957. The van der Waals surface area contributed by atoms with Crippen LogP contribution >= 0.6 is 0 Å². The molecule has 0 amide bonds. The Balaban J connectivity index is 2.00. The highest BCUT2D eigenvalue weighted by Crippen LogP contribution is 2.15. The van der Waals surface area contributed by atoms with Crippen molar-refractivity contribution in [2.24, 2.45) is 5.73 Å². The summed E-state index contributed by atoms with van der Waals surface area (Å²) in [7, 11) is 0. The summed E-state index contributed by atoms with van der Waals surface area (Å²) in [6.07, 6.45) is 9.63. The van der Waals surface area contributed by atoms with Crippen molar-refractivity contribution in [2.75, 3.05) is 0 Å². The first-order valence-electron chi connectivity index (χ1n) is 7.57. The van der Waals surface area contributed by atoms with Crippen LogP contribution in [0.1, 0.15) is 19.8 Å². The zero-order valence-electron chi connectivity index (χ0n) is 12.9. The molecule has 1 atom stereocenters. The number of nitrogens with two attached hydrogens (primary N) is 1. The van der Waals surface area contributed by atoms with Crippen LogP contribution in [0.25, 0.3) is 11.1 Å². The van der Waals surface area contributed by atoms with Gasteiger partial charge in [-0.2, -0.15) is 0 Å². The summed E-state index contributed by atoms with van der Waals surface area (Å²) in [6.45, 7) is 3.78. The van der Waals surface area contributed by atoms with Gasteiger partial charge >= 0.3 is 5.97 Å². The highest BCUT2D eigenvalue weighted by atomic mass is 16.4. The van der Waals surface area contributed by atoms with Crippen LogP contribution in [0.15, 0.2) is 49.1 Å². The molecule has 116 valence electrons. The third-order valence-electron chi connectivity index (χ3n) is 3.61. The van der Waals surface area contributed by atoms with Crippen molar-refractivity contribution in [3.05, 3.63) is 49.1 Å². The number of rotatable bonds is 7. The van der Waals surface area contributed by atoms with Gasteiger partial charge in [0.1, 0.15) is 12.6 Å². The molecule has 0 bridgehead atoms. The van der Waals surface area contributed by atoms with Gasteiger partial charge in [0.25, 0.3) is 0 Å². The molecule has 22 heavy (non-hydrogen) atoms. The van der Waals surface area contributed by atoms with Gasteiger partial charge in [-0.25, -0.2) is 9.13 Å². The summed E-state index contributed by atoms with van der Waals surface area (Å²) < 4.78 is 4.12. The zero-order chi connectivity index (χ0) is 15.9. The molecule has 1 unspecified atom stereocenters. The molecule has 0 aliphatic rings. The number of carboxylic acid groups (broad SMARTS) is 1. The Morgan fingerprint density at radius 1 is 1.05 bits per heavy atom. The predicted molar refractivity (Wildman–Crippen MR) is 82.8 cm³/mol. The highest BCUT2D eigenvalue weighted by Gasteiger charge is 2.13. The largest absolute Gasteiger partial charge is 0.480 e. The number of carbonyl (C=O) groups is 1. The van der Waals surface area contributed by atoms with E-state index in [0.717, 1.165) is 18.5 Å². The molecule has 0 aromatic carbocycles. The molecule has 3 N–H and O–H groups in total. The van der Waals surface area contributed by atoms with E-state index >= 15 is 0 Å². The van der Waals surface area contributed by atoms with Gasteiger partial charge in [-0.15, -0.1) is 0 Å². The maximum atomic E-state index is 10.7. The van der Waals surface area contributed by atoms with Crippen molar-refractivity contribution < 1.29 is 19.0 Å².